The van der Waals surface area contributed by atoms with Gasteiger partial charge in [-0.25, -0.2) is 0 Å². The van der Waals surface area contributed by atoms with Gasteiger partial charge in [-0.2, -0.15) is 13.9 Å². The maximum atomic E-state index is 12.3. The van der Waals surface area contributed by atoms with Crippen molar-refractivity contribution in [1.82, 2.24) is 14.7 Å². The maximum absolute atomic E-state index is 12.3. The monoisotopic (exact) mass is 329 g/mol. The number of hydrogen-bond acceptors (Lipinski definition) is 3. The van der Waals surface area contributed by atoms with E-state index in [1.165, 1.54) is 35.4 Å². The zero-order valence-electron chi connectivity index (χ0n) is 12.0. The van der Waals surface area contributed by atoms with Crippen molar-refractivity contribution in [3.63, 3.8) is 0 Å². The number of aromatic nitrogens is 2. The highest BCUT2D eigenvalue weighted by Gasteiger charge is 2.17. The van der Waals surface area contributed by atoms with E-state index in [1.807, 2.05) is 0 Å². The average molecular weight is 330 g/mol. The number of amides is 1. The minimum atomic E-state index is -2.93. The van der Waals surface area contributed by atoms with Crippen LogP contribution in [-0.4, -0.2) is 34.2 Å². The molecule has 1 amide bonds. The van der Waals surface area contributed by atoms with Gasteiger partial charge in [0.15, 0.2) is 0 Å². The number of aryl methyl sites for hydroxylation is 1. The van der Waals surface area contributed by atoms with Crippen molar-refractivity contribution in [3.8, 4) is 5.75 Å². The first kappa shape index (κ1) is 16.2. The highest BCUT2D eigenvalue weighted by atomic mass is 35.5. The number of benzene rings is 1. The van der Waals surface area contributed by atoms with Gasteiger partial charge in [-0.3, -0.25) is 9.48 Å². The minimum Gasteiger partial charge on any atom is -0.435 e. The summed E-state index contributed by atoms with van der Waals surface area (Å²) in [4.78, 5) is 13.8. The van der Waals surface area contributed by atoms with Gasteiger partial charge in [0.1, 0.15) is 5.75 Å². The molecule has 0 saturated heterocycles. The van der Waals surface area contributed by atoms with Gasteiger partial charge in [-0.15, -0.1) is 0 Å². The molecule has 2 aromatic rings. The summed E-state index contributed by atoms with van der Waals surface area (Å²) in [6.07, 6.45) is 1.49. The Morgan fingerprint density at radius 1 is 1.50 bits per heavy atom. The molecule has 0 radical (unpaired) electrons. The SMILES string of the molecule is CN(Cc1c(Cl)cnn1C)C(=O)c1cccc(OC(F)F)c1. The Hall–Kier alpha value is -2.15. The zero-order chi connectivity index (χ0) is 16.3. The van der Waals surface area contributed by atoms with E-state index in [0.29, 0.717) is 10.7 Å². The topological polar surface area (TPSA) is 47.4 Å². The van der Waals surface area contributed by atoms with Gasteiger partial charge in [0.2, 0.25) is 0 Å². The summed E-state index contributed by atoms with van der Waals surface area (Å²) in [6.45, 7) is -2.69. The van der Waals surface area contributed by atoms with Crippen molar-refractivity contribution in [2.75, 3.05) is 7.05 Å². The predicted octanol–water partition coefficient (Wildman–Crippen LogP) is 2.95. The van der Waals surface area contributed by atoms with Gasteiger partial charge in [-0.1, -0.05) is 17.7 Å². The quantitative estimate of drug-likeness (QED) is 0.847. The molecule has 0 fully saturated rings. The molecule has 0 unspecified atom stereocenters. The average Bonchev–Trinajstić information content (AvgIpc) is 2.78. The van der Waals surface area contributed by atoms with Crippen molar-refractivity contribution < 1.29 is 18.3 Å². The fourth-order valence-corrected chi connectivity index (χ4v) is 2.16. The molecule has 0 N–H and O–H groups in total. The molecule has 8 heteroatoms. The molecule has 0 saturated carbocycles. The first-order valence-electron chi connectivity index (χ1n) is 6.35. The molecule has 1 aromatic heterocycles. The van der Waals surface area contributed by atoms with Crippen molar-refractivity contribution in [1.29, 1.82) is 0 Å². The lowest BCUT2D eigenvalue weighted by atomic mass is 10.2. The van der Waals surface area contributed by atoms with Gasteiger partial charge >= 0.3 is 6.61 Å². The summed E-state index contributed by atoms with van der Waals surface area (Å²) in [5.74, 6) is -0.398. The Morgan fingerprint density at radius 2 is 2.23 bits per heavy atom. The normalized spacial score (nSPS) is 10.8. The van der Waals surface area contributed by atoms with Gasteiger partial charge in [-0.05, 0) is 18.2 Å². The van der Waals surface area contributed by atoms with Gasteiger partial charge < -0.3 is 9.64 Å². The number of alkyl halides is 2. The van der Waals surface area contributed by atoms with E-state index in [1.54, 1.807) is 18.8 Å². The second-order valence-corrected chi connectivity index (χ2v) is 5.04. The van der Waals surface area contributed by atoms with Crippen LogP contribution in [0, 0.1) is 0 Å². The minimum absolute atomic E-state index is 0.0622. The molecule has 22 heavy (non-hydrogen) atoms. The molecule has 0 atom stereocenters. The predicted molar refractivity (Wildman–Crippen MR) is 77.1 cm³/mol. The van der Waals surface area contributed by atoms with Crippen LogP contribution >= 0.6 is 11.6 Å². The largest absolute Gasteiger partial charge is 0.435 e. The van der Waals surface area contributed by atoms with E-state index in [9.17, 15) is 13.6 Å². The number of rotatable bonds is 5. The first-order valence-corrected chi connectivity index (χ1v) is 6.73. The van der Waals surface area contributed by atoms with E-state index in [0.717, 1.165) is 0 Å². The smallest absolute Gasteiger partial charge is 0.387 e. The van der Waals surface area contributed by atoms with Crippen LogP contribution in [0.2, 0.25) is 5.02 Å². The number of carbonyl (C=O) groups is 1. The molecule has 0 aliphatic heterocycles. The standard InChI is InChI=1S/C14H14ClF2N3O2/c1-19(8-12-11(15)7-18-20(12)2)13(21)9-4-3-5-10(6-9)22-14(16)17/h3-7,14H,8H2,1-2H3. The van der Waals surface area contributed by atoms with Crippen LogP contribution in [0.1, 0.15) is 16.1 Å². The van der Waals surface area contributed by atoms with Gasteiger partial charge in [0.05, 0.1) is 23.5 Å². The van der Waals surface area contributed by atoms with E-state index in [2.05, 4.69) is 9.84 Å². The van der Waals surface area contributed by atoms with Crippen molar-refractivity contribution >= 4 is 17.5 Å². The molecule has 0 aliphatic rings. The van der Waals surface area contributed by atoms with Crippen molar-refractivity contribution in [3.05, 3.63) is 46.7 Å². The number of carbonyl (C=O) groups excluding carboxylic acids is 1. The lowest BCUT2D eigenvalue weighted by molar-refractivity contribution is -0.0499. The molecular weight excluding hydrogens is 316 g/mol. The molecule has 5 nitrogen and oxygen atoms in total. The highest BCUT2D eigenvalue weighted by Crippen LogP contribution is 2.19. The van der Waals surface area contributed by atoms with E-state index >= 15 is 0 Å². The third kappa shape index (κ3) is 3.73. The number of hydrogen-bond donors (Lipinski definition) is 0. The molecule has 2 rings (SSSR count). The van der Waals surface area contributed by atoms with Crippen LogP contribution in [0.5, 0.6) is 5.75 Å². The molecule has 118 valence electrons. The summed E-state index contributed by atoms with van der Waals surface area (Å²) in [6, 6.07) is 5.65. The summed E-state index contributed by atoms with van der Waals surface area (Å²) >= 11 is 6.00. The second kappa shape index (κ2) is 6.74. The molecule has 1 heterocycles. The van der Waals surface area contributed by atoms with Crippen molar-refractivity contribution in [2.45, 2.75) is 13.2 Å². The maximum Gasteiger partial charge on any atom is 0.387 e. The number of nitrogens with zero attached hydrogens (tertiary/aromatic N) is 3. The van der Waals surface area contributed by atoms with Gasteiger partial charge in [0.25, 0.3) is 5.91 Å². The van der Waals surface area contributed by atoms with E-state index in [4.69, 9.17) is 11.6 Å². The fourth-order valence-electron chi connectivity index (χ4n) is 1.94. The Morgan fingerprint density at radius 3 is 2.82 bits per heavy atom. The highest BCUT2D eigenvalue weighted by molar-refractivity contribution is 6.31. The summed E-state index contributed by atoms with van der Waals surface area (Å²) in [5.41, 5.74) is 0.927. The Bertz CT molecular complexity index is 656. The van der Waals surface area contributed by atoms with Gasteiger partial charge in [0, 0.05) is 19.7 Å². The van der Waals surface area contributed by atoms with Crippen LogP contribution in [0.3, 0.4) is 0 Å². The summed E-state index contributed by atoms with van der Waals surface area (Å²) < 4.78 is 30.3. The van der Waals surface area contributed by atoms with E-state index < -0.39 is 6.61 Å². The number of halogens is 3. The Kier molecular flexibility index (Phi) is 4.97. The van der Waals surface area contributed by atoms with Crippen molar-refractivity contribution in [2.24, 2.45) is 7.05 Å². The summed E-state index contributed by atoms with van der Waals surface area (Å²) in [5, 5.41) is 4.45. The van der Waals surface area contributed by atoms with E-state index in [-0.39, 0.29) is 23.8 Å². The lowest BCUT2D eigenvalue weighted by Gasteiger charge is -2.18. The fraction of sp³-hybridized carbons (Fsp3) is 0.286. The third-order valence-electron chi connectivity index (χ3n) is 3.05. The Balaban J connectivity index is 2.13. The van der Waals surface area contributed by atoms with Crippen LogP contribution in [0.4, 0.5) is 8.78 Å². The molecule has 1 aromatic carbocycles. The Labute approximate surface area is 131 Å². The van der Waals surface area contributed by atoms with Crippen LogP contribution in [0.25, 0.3) is 0 Å². The molecular formula is C14H14ClF2N3O2. The van der Waals surface area contributed by atoms with Crippen LogP contribution in [0.15, 0.2) is 30.5 Å². The lowest BCUT2D eigenvalue weighted by Crippen LogP contribution is -2.27. The second-order valence-electron chi connectivity index (χ2n) is 4.63. The molecule has 0 aliphatic carbocycles. The molecule has 0 spiro atoms. The first-order chi connectivity index (χ1) is 10.4. The zero-order valence-corrected chi connectivity index (χ0v) is 12.7. The molecule has 0 bridgehead atoms. The number of ether oxygens (including phenoxy) is 1. The third-order valence-corrected chi connectivity index (χ3v) is 3.37. The summed E-state index contributed by atoms with van der Waals surface area (Å²) in [7, 11) is 3.31. The van der Waals surface area contributed by atoms with Crippen LogP contribution < -0.4 is 4.74 Å². The van der Waals surface area contributed by atoms with Crippen LogP contribution in [-0.2, 0) is 13.6 Å².